The van der Waals surface area contributed by atoms with Gasteiger partial charge >= 0.3 is 6.09 Å². The Labute approximate surface area is 160 Å². The summed E-state index contributed by atoms with van der Waals surface area (Å²) in [7, 11) is 0. The van der Waals surface area contributed by atoms with Gasteiger partial charge in [-0.05, 0) is 51.3 Å². The van der Waals surface area contributed by atoms with Crippen LogP contribution < -0.4 is 5.73 Å². The average Bonchev–Trinajstić information content (AvgIpc) is 3.40. The summed E-state index contributed by atoms with van der Waals surface area (Å²) >= 11 is 0. The zero-order valence-corrected chi connectivity index (χ0v) is 16.4. The van der Waals surface area contributed by atoms with Crippen molar-refractivity contribution in [3.63, 3.8) is 0 Å². The maximum absolute atomic E-state index is 13.1. The van der Waals surface area contributed by atoms with Crippen molar-refractivity contribution in [2.24, 2.45) is 10.7 Å². The van der Waals surface area contributed by atoms with E-state index in [1.807, 2.05) is 37.8 Å². The van der Waals surface area contributed by atoms with E-state index < -0.39 is 5.60 Å². The van der Waals surface area contributed by atoms with Crippen molar-refractivity contribution in [1.29, 1.82) is 0 Å². The Balaban J connectivity index is 1.53. The molecule has 1 aliphatic heterocycles. The summed E-state index contributed by atoms with van der Waals surface area (Å²) in [6.45, 7) is 8.59. The molecule has 0 spiro atoms. The lowest BCUT2D eigenvalue weighted by Gasteiger charge is -2.36. The number of carbonyl (C=O) groups is 1. The maximum atomic E-state index is 13.1. The molecular formula is C20H29FN4O2. The Kier molecular flexibility index (Phi) is 5.31. The molecule has 6 nitrogen and oxygen atoms in total. The van der Waals surface area contributed by atoms with Crippen LogP contribution in [0.2, 0.25) is 0 Å². The van der Waals surface area contributed by atoms with Gasteiger partial charge in [0.05, 0.1) is 6.54 Å². The lowest BCUT2D eigenvalue weighted by atomic mass is 9.96. The van der Waals surface area contributed by atoms with Crippen LogP contribution in [0.4, 0.5) is 9.18 Å². The van der Waals surface area contributed by atoms with Crippen LogP contribution in [0.15, 0.2) is 29.3 Å². The van der Waals surface area contributed by atoms with Gasteiger partial charge in [0, 0.05) is 31.6 Å². The topological polar surface area (TPSA) is 71.2 Å². The highest BCUT2D eigenvalue weighted by molar-refractivity contribution is 5.78. The average molecular weight is 376 g/mol. The molecular weight excluding hydrogens is 347 g/mol. The van der Waals surface area contributed by atoms with Gasteiger partial charge in [0.15, 0.2) is 5.96 Å². The SMILES string of the molecule is CC(C)(C)OC(=O)N1CCN(C(N)=NCC2(c3ccc(F)cc3)CC2)CC1. The summed E-state index contributed by atoms with van der Waals surface area (Å²) in [6, 6.07) is 6.68. The number of aliphatic imine (C=N–C) groups is 1. The molecule has 0 aromatic heterocycles. The first-order valence-electron chi connectivity index (χ1n) is 9.47. The summed E-state index contributed by atoms with van der Waals surface area (Å²) in [5.41, 5.74) is 6.81. The Morgan fingerprint density at radius 3 is 2.22 bits per heavy atom. The quantitative estimate of drug-likeness (QED) is 0.650. The number of nitrogens with zero attached hydrogens (tertiary/aromatic N) is 3. The van der Waals surface area contributed by atoms with Gasteiger partial charge in [-0.25, -0.2) is 9.18 Å². The van der Waals surface area contributed by atoms with Gasteiger partial charge in [-0.2, -0.15) is 0 Å². The van der Waals surface area contributed by atoms with Crippen molar-refractivity contribution >= 4 is 12.1 Å². The summed E-state index contributed by atoms with van der Waals surface area (Å²) in [5.74, 6) is 0.285. The van der Waals surface area contributed by atoms with Crippen LogP contribution in [0.5, 0.6) is 0 Å². The predicted octanol–water partition coefficient (Wildman–Crippen LogP) is 2.72. The molecule has 0 atom stereocenters. The van der Waals surface area contributed by atoms with E-state index in [1.165, 1.54) is 12.1 Å². The summed E-state index contributed by atoms with van der Waals surface area (Å²) < 4.78 is 18.6. The van der Waals surface area contributed by atoms with Crippen LogP contribution >= 0.6 is 0 Å². The number of amides is 1. The molecule has 1 heterocycles. The normalized spacial score (nSPS) is 19.8. The monoisotopic (exact) mass is 376 g/mol. The molecule has 2 aliphatic rings. The zero-order chi connectivity index (χ0) is 19.7. The fourth-order valence-electron chi connectivity index (χ4n) is 3.27. The van der Waals surface area contributed by atoms with Gasteiger partial charge < -0.3 is 20.3 Å². The number of hydrogen-bond donors (Lipinski definition) is 1. The number of nitrogens with two attached hydrogens (primary N) is 1. The molecule has 1 saturated heterocycles. The number of guanidine groups is 1. The molecule has 0 bridgehead atoms. The fourth-order valence-corrected chi connectivity index (χ4v) is 3.27. The van der Waals surface area contributed by atoms with Crippen molar-refractivity contribution in [3.8, 4) is 0 Å². The summed E-state index contributed by atoms with van der Waals surface area (Å²) in [5, 5.41) is 0. The van der Waals surface area contributed by atoms with E-state index >= 15 is 0 Å². The number of piperazine rings is 1. The number of ether oxygens (including phenoxy) is 1. The van der Waals surface area contributed by atoms with Gasteiger partial charge in [-0.1, -0.05) is 12.1 Å². The van der Waals surface area contributed by atoms with E-state index in [2.05, 4.69) is 4.99 Å². The maximum Gasteiger partial charge on any atom is 0.410 e. The van der Waals surface area contributed by atoms with E-state index in [0.717, 1.165) is 18.4 Å². The van der Waals surface area contributed by atoms with Crippen LogP contribution in [0, 0.1) is 5.82 Å². The Bertz CT molecular complexity index is 700. The third kappa shape index (κ3) is 4.90. The summed E-state index contributed by atoms with van der Waals surface area (Å²) in [4.78, 5) is 20.4. The molecule has 0 radical (unpaired) electrons. The molecule has 148 valence electrons. The molecule has 0 unspecified atom stereocenters. The highest BCUT2D eigenvalue weighted by Gasteiger charge is 2.44. The molecule has 2 N–H and O–H groups in total. The molecule has 3 rings (SSSR count). The van der Waals surface area contributed by atoms with E-state index in [1.54, 1.807) is 4.90 Å². The largest absolute Gasteiger partial charge is 0.444 e. The minimum atomic E-state index is -0.492. The smallest absolute Gasteiger partial charge is 0.410 e. The Hall–Kier alpha value is -2.31. The van der Waals surface area contributed by atoms with Gasteiger partial charge in [0.25, 0.3) is 0 Å². The lowest BCUT2D eigenvalue weighted by molar-refractivity contribution is 0.0186. The standard InChI is InChI=1S/C20H29FN4O2/c1-19(2,3)27-18(26)25-12-10-24(11-13-25)17(22)23-14-20(8-9-20)15-4-6-16(21)7-5-15/h4-7H,8-14H2,1-3H3,(H2,22,23). The van der Waals surface area contributed by atoms with E-state index in [0.29, 0.717) is 38.7 Å². The predicted molar refractivity (Wildman–Crippen MR) is 103 cm³/mol. The van der Waals surface area contributed by atoms with Crippen molar-refractivity contribution in [2.45, 2.75) is 44.6 Å². The first-order valence-corrected chi connectivity index (χ1v) is 9.47. The van der Waals surface area contributed by atoms with Crippen LogP contribution in [0.25, 0.3) is 0 Å². The second-order valence-corrected chi connectivity index (χ2v) is 8.42. The van der Waals surface area contributed by atoms with E-state index in [4.69, 9.17) is 10.5 Å². The van der Waals surface area contributed by atoms with Gasteiger partial charge in [-0.15, -0.1) is 0 Å². The lowest BCUT2D eigenvalue weighted by Crippen LogP contribution is -2.53. The third-order valence-electron chi connectivity index (χ3n) is 5.11. The first kappa shape index (κ1) is 19.5. The van der Waals surface area contributed by atoms with Gasteiger partial charge in [0.1, 0.15) is 11.4 Å². The van der Waals surface area contributed by atoms with Crippen molar-refractivity contribution in [3.05, 3.63) is 35.6 Å². The number of benzene rings is 1. The Morgan fingerprint density at radius 1 is 1.15 bits per heavy atom. The van der Waals surface area contributed by atoms with Crippen LogP contribution in [-0.4, -0.2) is 60.2 Å². The number of carbonyl (C=O) groups excluding carboxylic acids is 1. The highest BCUT2D eigenvalue weighted by atomic mass is 19.1. The van der Waals surface area contributed by atoms with Gasteiger partial charge in [0.2, 0.25) is 0 Å². The zero-order valence-electron chi connectivity index (χ0n) is 16.4. The van der Waals surface area contributed by atoms with Crippen LogP contribution in [-0.2, 0) is 10.2 Å². The molecule has 1 aromatic carbocycles. The number of hydrogen-bond acceptors (Lipinski definition) is 3. The third-order valence-corrected chi connectivity index (χ3v) is 5.11. The molecule has 1 aromatic rings. The molecule has 27 heavy (non-hydrogen) atoms. The molecule has 1 aliphatic carbocycles. The minimum Gasteiger partial charge on any atom is -0.444 e. The van der Waals surface area contributed by atoms with E-state index in [9.17, 15) is 9.18 Å². The Morgan fingerprint density at radius 2 is 1.70 bits per heavy atom. The summed E-state index contributed by atoms with van der Waals surface area (Å²) in [6.07, 6.45) is 1.80. The van der Waals surface area contributed by atoms with Crippen molar-refractivity contribution in [1.82, 2.24) is 9.80 Å². The van der Waals surface area contributed by atoms with E-state index in [-0.39, 0.29) is 17.3 Å². The highest BCUT2D eigenvalue weighted by Crippen LogP contribution is 2.48. The van der Waals surface area contributed by atoms with Crippen LogP contribution in [0.1, 0.15) is 39.2 Å². The minimum absolute atomic E-state index is 0.00332. The van der Waals surface area contributed by atoms with Crippen molar-refractivity contribution < 1.29 is 13.9 Å². The number of halogens is 1. The van der Waals surface area contributed by atoms with Crippen molar-refractivity contribution in [2.75, 3.05) is 32.7 Å². The molecule has 1 saturated carbocycles. The number of rotatable bonds is 3. The second kappa shape index (κ2) is 7.37. The molecule has 2 fully saturated rings. The molecule has 1 amide bonds. The fraction of sp³-hybridized carbons (Fsp3) is 0.600. The van der Waals surface area contributed by atoms with Gasteiger partial charge in [-0.3, -0.25) is 4.99 Å². The van der Waals surface area contributed by atoms with Crippen LogP contribution in [0.3, 0.4) is 0 Å². The first-order chi connectivity index (χ1) is 12.7. The molecule has 7 heteroatoms. The second-order valence-electron chi connectivity index (χ2n) is 8.42.